The van der Waals surface area contributed by atoms with Gasteiger partial charge in [0.1, 0.15) is 5.82 Å². The van der Waals surface area contributed by atoms with Crippen LogP contribution < -0.4 is 5.32 Å². The van der Waals surface area contributed by atoms with Gasteiger partial charge in [-0.2, -0.15) is 4.37 Å². The maximum atomic E-state index is 11.3. The summed E-state index contributed by atoms with van der Waals surface area (Å²) in [5.74, 6) is 1.61. The van der Waals surface area contributed by atoms with Crippen LogP contribution in [0, 0.1) is 0 Å². The molecule has 0 aliphatic carbocycles. The first kappa shape index (κ1) is 11.8. The fourth-order valence-electron chi connectivity index (χ4n) is 1.61. The molecule has 1 saturated heterocycles. The minimum Gasteiger partial charge on any atom is -0.356 e. The Morgan fingerprint density at radius 2 is 2.25 bits per heavy atom. The lowest BCUT2D eigenvalue weighted by Crippen LogP contribution is -2.20. The van der Waals surface area contributed by atoms with E-state index in [4.69, 9.17) is 0 Å². The van der Waals surface area contributed by atoms with Gasteiger partial charge in [0.15, 0.2) is 9.84 Å². The van der Waals surface area contributed by atoms with Gasteiger partial charge < -0.3 is 5.32 Å². The molecule has 1 aliphatic rings. The van der Waals surface area contributed by atoms with Crippen LogP contribution >= 0.6 is 11.5 Å². The first-order valence-electron chi connectivity index (χ1n) is 5.27. The van der Waals surface area contributed by atoms with E-state index >= 15 is 0 Å². The van der Waals surface area contributed by atoms with E-state index in [-0.39, 0.29) is 17.5 Å². The van der Waals surface area contributed by atoms with Gasteiger partial charge in [-0.05, 0) is 6.42 Å². The van der Waals surface area contributed by atoms with Crippen molar-refractivity contribution in [1.82, 2.24) is 9.36 Å². The molecule has 1 fully saturated rings. The van der Waals surface area contributed by atoms with Crippen molar-refractivity contribution in [3.05, 3.63) is 5.82 Å². The predicted octanol–water partition coefficient (Wildman–Crippen LogP) is 1.26. The molecule has 1 unspecified atom stereocenters. The van der Waals surface area contributed by atoms with Crippen molar-refractivity contribution in [3.8, 4) is 0 Å². The molecule has 0 spiro atoms. The zero-order valence-corrected chi connectivity index (χ0v) is 10.9. The fraction of sp³-hybridized carbons (Fsp3) is 0.778. The smallest absolute Gasteiger partial charge is 0.202 e. The summed E-state index contributed by atoms with van der Waals surface area (Å²) in [5.41, 5.74) is 0. The van der Waals surface area contributed by atoms with E-state index < -0.39 is 9.84 Å². The molecule has 7 heteroatoms. The van der Waals surface area contributed by atoms with Crippen LogP contribution in [0.4, 0.5) is 5.13 Å². The Bertz CT molecular complexity index is 467. The SMILES string of the molecule is CC(C)c1nsc(NC2CCS(=O)(=O)C2)n1. The molecule has 5 nitrogen and oxygen atoms in total. The van der Waals surface area contributed by atoms with E-state index in [9.17, 15) is 8.42 Å². The minimum atomic E-state index is -2.83. The van der Waals surface area contributed by atoms with E-state index in [1.165, 1.54) is 11.5 Å². The Morgan fingerprint density at radius 1 is 1.50 bits per heavy atom. The van der Waals surface area contributed by atoms with Gasteiger partial charge in [-0.15, -0.1) is 0 Å². The third-order valence-corrected chi connectivity index (χ3v) is 4.95. The second-order valence-electron chi connectivity index (χ2n) is 4.36. The molecule has 0 amide bonds. The third-order valence-electron chi connectivity index (χ3n) is 2.52. The zero-order chi connectivity index (χ0) is 11.8. The van der Waals surface area contributed by atoms with Crippen molar-refractivity contribution < 1.29 is 8.42 Å². The van der Waals surface area contributed by atoms with Gasteiger partial charge >= 0.3 is 0 Å². The molecule has 2 rings (SSSR count). The highest BCUT2D eigenvalue weighted by molar-refractivity contribution is 7.91. The molecular weight excluding hydrogens is 246 g/mol. The number of nitrogens with zero attached hydrogens (tertiary/aromatic N) is 2. The van der Waals surface area contributed by atoms with Crippen LogP contribution in [0.15, 0.2) is 0 Å². The van der Waals surface area contributed by atoms with Gasteiger partial charge in [-0.25, -0.2) is 13.4 Å². The Labute approximate surface area is 99.4 Å². The summed E-state index contributed by atoms with van der Waals surface area (Å²) in [7, 11) is -2.83. The number of hydrogen-bond acceptors (Lipinski definition) is 6. The van der Waals surface area contributed by atoms with Crippen LogP contribution in [0.3, 0.4) is 0 Å². The summed E-state index contributed by atoms with van der Waals surface area (Å²) in [6.45, 7) is 4.07. The Hall–Kier alpha value is -0.690. The molecule has 0 aromatic carbocycles. The average Bonchev–Trinajstić information content (AvgIpc) is 2.73. The van der Waals surface area contributed by atoms with Crippen LogP contribution in [-0.4, -0.2) is 35.3 Å². The number of aromatic nitrogens is 2. The standard InChI is InChI=1S/C9H15N3O2S2/c1-6(2)8-11-9(15-12-8)10-7-3-4-16(13,14)5-7/h6-7H,3-5H2,1-2H3,(H,10,11,12). The van der Waals surface area contributed by atoms with Gasteiger partial charge in [-0.3, -0.25) is 0 Å². The minimum absolute atomic E-state index is 0.00189. The molecular formula is C9H15N3O2S2. The molecule has 1 aliphatic heterocycles. The van der Waals surface area contributed by atoms with Crippen molar-refractivity contribution in [3.63, 3.8) is 0 Å². The summed E-state index contributed by atoms with van der Waals surface area (Å²) >= 11 is 1.30. The Morgan fingerprint density at radius 3 is 2.75 bits per heavy atom. The van der Waals surface area contributed by atoms with E-state index in [2.05, 4.69) is 14.7 Å². The summed E-state index contributed by atoms with van der Waals surface area (Å²) in [6.07, 6.45) is 0.666. The first-order valence-corrected chi connectivity index (χ1v) is 7.86. The lowest BCUT2D eigenvalue weighted by molar-refractivity contribution is 0.602. The monoisotopic (exact) mass is 261 g/mol. The molecule has 0 saturated carbocycles. The second-order valence-corrected chi connectivity index (χ2v) is 7.34. The topological polar surface area (TPSA) is 72.0 Å². The number of nitrogens with one attached hydrogen (secondary N) is 1. The highest BCUT2D eigenvalue weighted by atomic mass is 32.2. The molecule has 16 heavy (non-hydrogen) atoms. The van der Waals surface area contributed by atoms with Crippen LogP contribution in [0.25, 0.3) is 0 Å². The Kier molecular flexibility index (Phi) is 3.16. The number of sulfone groups is 1. The van der Waals surface area contributed by atoms with Crippen LogP contribution in [0.5, 0.6) is 0 Å². The Balaban J connectivity index is 2.00. The van der Waals surface area contributed by atoms with Gasteiger partial charge in [0, 0.05) is 23.5 Å². The van der Waals surface area contributed by atoms with Crippen molar-refractivity contribution in [1.29, 1.82) is 0 Å². The first-order chi connectivity index (χ1) is 7.46. The molecule has 90 valence electrons. The van der Waals surface area contributed by atoms with Gasteiger partial charge in [0.25, 0.3) is 0 Å². The normalized spacial score (nSPS) is 23.8. The molecule has 0 radical (unpaired) electrons. The van der Waals surface area contributed by atoms with Crippen molar-refractivity contribution >= 4 is 26.5 Å². The highest BCUT2D eigenvalue weighted by Gasteiger charge is 2.28. The number of anilines is 1. The zero-order valence-electron chi connectivity index (χ0n) is 9.30. The number of hydrogen-bond donors (Lipinski definition) is 1. The van der Waals surface area contributed by atoms with Crippen LogP contribution in [0.1, 0.15) is 32.0 Å². The highest BCUT2D eigenvalue weighted by Crippen LogP contribution is 2.21. The number of rotatable bonds is 3. The molecule has 1 aromatic heterocycles. The summed E-state index contributed by atoms with van der Waals surface area (Å²) < 4.78 is 26.8. The van der Waals surface area contributed by atoms with E-state index in [0.717, 1.165) is 11.0 Å². The van der Waals surface area contributed by atoms with Crippen molar-refractivity contribution in [2.75, 3.05) is 16.8 Å². The fourth-order valence-corrected chi connectivity index (χ4v) is 4.07. The quantitative estimate of drug-likeness (QED) is 0.887. The van der Waals surface area contributed by atoms with Gasteiger partial charge in [0.2, 0.25) is 5.13 Å². The van der Waals surface area contributed by atoms with E-state index in [1.807, 2.05) is 13.8 Å². The van der Waals surface area contributed by atoms with Crippen LogP contribution in [0.2, 0.25) is 0 Å². The van der Waals surface area contributed by atoms with Crippen molar-refractivity contribution in [2.24, 2.45) is 0 Å². The van der Waals surface area contributed by atoms with Crippen molar-refractivity contribution in [2.45, 2.75) is 32.2 Å². The average molecular weight is 261 g/mol. The van der Waals surface area contributed by atoms with E-state index in [1.54, 1.807) is 0 Å². The van der Waals surface area contributed by atoms with Gasteiger partial charge in [0.05, 0.1) is 11.5 Å². The predicted molar refractivity (Wildman–Crippen MR) is 64.7 cm³/mol. The molecule has 2 heterocycles. The summed E-state index contributed by atoms with van der Waals surface area (Å²) in [4.78, 5) is 4.32. The lowest BCUT2D eigenvalue weighted by atomic mass is 10.2. The lowest BCUT2D eigenvalue weighted by Gasteiger charge is -2.07. The summed E-state index contributed by atoms with van der Waals surface area (Å²) in [5, 5.41) is 3.87. The molecule has 1 N–H and O–H groups in total. The third kappa shape index (κ3) is 2.70. The van der Waals surface area contributed by atoms with Crippen LogP contribution in [-0.2, 0) is 9.84 Å². The maximum absolute atomic E-state index is 11.3. The van der Waals surface area contributed by atoms with E-state index in [0.29, 0.717) is 12.3 Å². The van der Waals surface area contributed by atoms with Gasteiger partial charge in [-0.1, -0.05) is 13.8 Å². The molecule has 0 bridgehead atoms. The second kappa shape index (κ2) is 4.29. The summed E-state index contributed by atoms with van der Waals surface area (Å²) in [6, 6.07) is -0.00189. The maximum Gasteiger partial charge on any atom is 0.202 e. The molecule has 1 aromatic rings. The largest absolute Gasteiger partial charge is 0.356 e. The molecule has 1 atom stereocenters.